The van der Waals surface area contributed by atoms with Gasteiger partial charge in [0.05, 0.1) is 0 Å². The molecule has 1 aliphatic heterocycles. The molecule has 0 unspecified atom stereocenters. The van der Waals surface area contributed by atoms with Gasteiger partial charge in [-0.3, -0.25) is 0 Å². The summed E-state index contributed by atoms with van der Waals surface area (Å²) in [4.78, 5) is 9.01. The van der Waals surface area contributed by atoms with Crippen molar-refractivity contribution in [3.05, 3.63) is 29.6 Å². The number of anilines is 4. The Balaban J connectivity index is 1.60. The van der Waals surface area contributed by atoms with Crippen LogP contribution >= 0.6 is 11.3 Å². The molecule has 0 spiro atoms. The number of hydrogen-bond donors (Lipinski definition) is 2. The highest BCUT2D eigenvalue weighted by Gasteiger charge is 2.20. The third kappa shape index (κ3) is 3.51. The van der Waals surface area contributed by atoms with Gasteiger partial charge in [-0.2, -0.15) is 0 Å². The Kier molecular flexibility index (Phi) is 4.49. The van der Waals surface area contributed by atoms with Gasteiger partial charge in [0.25, 0.3) is 0 Å². The second-order valence-electron chi connectivity index (χ2n) is 5.93. The number of hydrogen-bond acceptors (Lipinski definition) is 6. The van der Waals surface area contributed by atoms with Crippen LogP contribution in [0.1, 0.15) is 12.8 Å². The molecular weight excluding hydrogens is 294 g/mol. The third-order valence-corrected chi connectivity index (χ3v) is 4.98. The van der Waals surface area contributed by atoms with Crippen molar-refractivity contribution in [3.8, 4) is 0 Å². The maximum Gasteiger partial charge on any atom is 0.189 e. The standard InChI is InChI=1S/C16H23N5S/c1-20(2)13-7-9-21(10-8-13)14-5-3-12(4-6-14)18-16-19-15(17)11-22-16/h3-6,11,13H,7-10,17H2,1-2H3,(H,18,19). The van der Waals surface area contributed by atoms with Gasteiger partial charge in [-0.25, -0.2) is 4.98 Å². The normalized spacial score (nSPS) is 16.2. The molecule has 3 rings (SSSR count). The monoisotopic (exact) mass is 317 g/mol. The number of rotatable bonds is 4. The first kappa shape index (κ1) is 15.1. The Morgan fingerprint density at radius 3 is 2.45 bits per heavy atom. The highest BCUT2D eigenvalue weighted by molar-refractivity contribution is 7.14. The number of nitrogens with one attached hydrogen (secondary N) is 1. The lowest BCUT2D eigenvalue weighted by molar-refractivity contribution is 0.249. The van der Waals surface area contributed by atoms with Crippen molar-refractivity contribution in [2.24, 2.45) is 0 Å². The molecule has 0 bridgehead atoms. The molecule has 0 saturated carbocycles. The van der Waals surface area contributed by atoms with E-state index in [2.05, 4.69) is 58.5 Å². The summed E-state index contributed by atoms with van der Waals surface area (Å²) < 4.78 is 0. The van der Waals surface area contributed by atoms with E-state index in [0.717, 1.165) is 23.9 Å². The number of benzene rings is 1. The zero-order valence-electron chi connectivity index (χ0n) is 13.1. The molecule has 0 atom stereocenters. The molecule has 5 nitrogen and oxygen atoms in total. The molecular formula is C16H23N5S. The van der Waals surface area contributed by atoms with E-state index in [4.69, 9.17) is 5.73 Å². The molecule has 1 aliphatic rings. The third-order valence-electron chi connectivity index (χ3n) is 4.20. The fourth-order valence-electron chi connectivity index (χ4n) is 2.86. The maximum atomic E-state index is 5.64. The molecule has 0 radical (unpaired) electrons. The molecule has 0 amide bonds. The van der Waals surface area contributed by atoms with Crippen LogP contribution in [-0.2, 0) is 0 Å². The molecule has 1 aromatic heterocycles. The summed E-state index contributed by atoms with van der Waals surface area (Å²) in [6.07, 6.45) is 2.46. The van der Waals surface area contributed by atoms with Crippen LogP contribution in [0.4, 0.5) is 22.3 Å². The Morgan fingerprint density at radius 2 is 1.91 bits per heavy atom. The van der Waals surface area contributed by atoms with Gasteiger partial charge in [-0.15, -0.1) is 11.3 Å². The van der Waals surface area contributed by atoms with E-state index in [1.807, 2.05) is 5.38 Å². The summed E-state index contributed by atoms with van der Waals surface area (Å²) in [5.74, 6) is 0.563. The fourth-order valence-corrected chi connectivity index (χ4v) is 3.48. The number of nitrogens with zero attached hydrogens (tertiary/aromatic N) is 3. The molecule has 0 aliphatic carbocycles. The average Bonchev–Trinajstić information content (AvgIpc) is 2.93. The average molecular weight is 317 g/mol. The van der Waals surface area contributed by atoms with Crippen molar-refractivity contribution in [2.75, 3.05) is 43.1 Å². The minimum Gasteiger partial charge on any atom is -0.383 e. The topological polar surface area (TPSA) is 57.4 Å². The molecule has 6 heteroatoms. The van der Waals surface area contributed by atoms with Gasteiger partial charge in [0.15, 0.2) is 5.13 Å². The van der Waals surface area contributed by atoms with E-state index in [-0.39, 0.29) is 0 Å². The second-order valence-corrected chi connectivity index (χ2v) is 6.79. The molecule has 1 saturated heterocycles. The Labute approximate surface area is 135 Å². The van der Waals surface area contributed by atoms with E-state index in [1.165, 1.54) is 29.9 Å². The van der Waals surface area contributed by atoms with Gasteiger partial charge in [0.1, 0.15) is 5.82 Å². The van der Waals surface area contributed by atoms with E-state index >= 15 is 0 Å². The van der Waals surface area contributed by atoms with Crippen LogP contribution in [0.15, 0.2) is 29.6 Å². The number of nitrogens with two attached hydrogens (primary N) is 1. The quantitative estimate of drug-likeness (QED) is 0.908. The highest BCUT2D eigenvalue weighted by atomic mass is 32.1. The number of nitrogen functional groups attached to an aromatic ring is 1. The SMILES string of the molecule is CN(C)C1CCN(c2ccc(Nc3nc(N)cs3)cc2)CC1. The summed E-state index contributed by atoms with van der Waals surface area (Å²) in [6, 6.07) is 9.27. The van der Waals surface area contributed by atoms with Crippen molar-refractivity contribution < 1.29 is 0 Å². The maximum absolute atomic E-state index is 5.64. The number of aromatic nitrogens is 1. The summed E-state index contributed by atoms with van der Waals surface area (Å²) in [5.41, 5.74) is 7.97. The molecule has 2 aromatic rings. The summed E-state index contributed by atoms with van der Waals surface area (Å²) >= 11 is 1.52. The molecule has 3 N–H and O–H groups in total. The van der Waals surface area contributed by atoms with Crippen molar-refractivity contribution in [1.82, 2.24) is 9.88 Å². The van der Waals surface area contributed by atoms with Crippen LogP contribution in [0.5, 0.6) is 0 Å². The van der Waals surface area contributed by atoms with Gasteiger partial charge >= 0.3 is 0 Å². The van der Waals surface area contributed by atoms with E-state index in [9.17, 15) is 0 Å². The summed E-state index contributed by atoms with van der Waals surface area (Å²) in [5, 5.41) is 5.95. The zero-order valence-corrected chi connectivity index (χ0v) is 13.9. The molecule has 2 heterocycles. The van der Waals surface area contributed by atoms with E-state index < -0.39 is 0 Å². The predicted molar refractivity (Wildman–Crippen MR) is 95.2 cm³/mol. The van der Waals surface area contributed by atoms with Crippen LogP contribution in [0.25, 0.3) is 0 Å². The lowest BCUT2D eigenvalue weighted by Crippen LogP contribution is -2.41. The van der Waals surface area contributed by atoms with Crippen LogP contribution in [0.3, 0.4) is 0 Å². The molecule has 118 valence electrons. The molecule has 22 heavy (non-hydrogen) atoms. The van der Waals surface area contributed by atoms with Crippen molar-refractivity contribution >= 4 is 33.7 Å². The second kappa shape index (κ2) is 6.54. The first-order valence-electron chi connectivity index (χ1n) is 7.61. The molecule has 1 aromatic carbocycles. The van der Waals surface area contributed by atoms with Gasteiger partial charge in [-0.1, -0.05) is 0 Å². The van der Waals surface area contributed by atoms with Crippen LogP contribution < -0.4 is 16.0 Å². The Morgan fingerprint density at radius 1 is 1.23 bits per heavy atom. The van der Waals surface area contributed by atoms with Crippen LogP contribution in [0.2, 0.25) is 0 Å². The predicted octanol–water partition coefficient (Wildman–Crippen LogP) is 3.00. The first-order chi connectivity index (χ1) is 10.6. The Hall–Kier alpha value is -1.79. The van der Waals surface area contributed by atoms with Crippen LogP contribution in [-0.4, -0.2) is 43.1 Å². The van der Waals surface area contributed by atoms with E-state index in [0.29, 0.717) is 11.9 Å². The Bertz CT molecular complexity index is 599. The van der Waals surface area contributed by atoms with Crippen molar-refractivity contribution in [1.29, 1.82) is 0 Å². The van der Waals surface area contributed by atoms with Crippen molar-refractivity contribution in [2.45, 2.75) is 18.9 Å². The first-order valence-corrected chi connectivity index (χ1v) is 8.49. The lowest BCUT2D eigenvalue weighted by atomic mass is 10.0. The zero-order chi connectivity index (χ0) is 15.5. The summed E-state index contributed by atoms with van der Waals surface area (Å²) in [7, 11) is 4.35. The smallest absolute Gasteiger partial charge is 0.189 e. The van der Waals surface area contributed by atoms with Gasteiger partial charge in [0.2, 0.25) is 0 Å². The largest absolute Gasteiger partial charge is 0.383 e. The lowest BCUT2D eigenvalue weighted by Gasteiger charge is -2.36. The van der Waals surface area contributed by atoms with E-state index in [1.54, 1.807) is 0 Å². The van der Waals surface area contributed by atoms with Crippen LogP contribution in [0, 0.1) is 0 Å². The van der Waals surface area contributed by atoms with Gasteiger partial charge in [-0.05, 0) is 51.2 Å². The van der Waals surface area contributed by atoms with Gasteiger partial charge < -0.3 is 20.9 Å². The number of thiazole rings is 1. The number of piperidine rings is 1. The van der Waals surface area contributed by atoms with Crippen molar-refractivity contribution in [3.63, 3.8) is 0 Å². The van der Waals surface area contributed by atoms with Gasteiger partial charge in [0, 0.05) is 35.9 Å². The fraction of sp³-hybridized carbons (Fsp3) is 0.438. The minimum atomic E-state index is 0.563. The molecule has 1 fully saturated rings. The minimum absolute atomic E-state index is 0.563. The highest BCUT2D eigenvalue weighted by Crippen LogP contribution is 2.26. The summed E-state index contributed by atoms with van der Waals surface area (Å²) in [6.45, 7) is 2.25.